The van der Waals surface area contributed by atoms with Gasteiger partial charge in [-0.15, -0.1) is 12.4 Å². The Bertz CT molecular complexity index is 99.6. The number of halogens is 1. The van der Waals surface area contributed by atoms with Crippen molar-refractivity contribution in [1.29, 1.82) is 0 Å². The lowest BCUT2D eigenvalue weighted by Crippen LogP contribution is -2.39. The first-order valence-electron chi connectivity index (χ1n) is 2.84. The van der Waals surface area contributed by atoms with Gasteiger partial charge in [0.05, 0.1) is 6.61 Å². The number of ether oxygens (including phenoxy) is 1. The normalized spacial score (nSPS) is 11.5. The average Bonchev–Trinajstić information content (AvgIpc) is 1.87. The fourth-order valence-electron chi connectivity index (χ4n) is 0.346. The Morgan fingerprint density at radius 3 is 2.50 bits per heavy atom. The highest BCUT2D eigenvalue weighted by Gasteiger charge is 2.10. The number of esters is 1. The summed E-state index contributed by atoms with van der Waals surface area (Å²) < 4.78 is 4.55. The van der Waals surface area contributed by atoms with Crippen LogP contribution in [0.25, 0.3) is 0 Å². The van der Waals surface area contributed by atoms with E-state index in [1.54, 1.807) is 6.92 Å². The quantitative estimate of drug-likeness (QED) is 0.544. The lowest BCUT2D eigenvalue weighted by Gasteiger charge is -2.05. The molecule has 0 aliphatic rings. The molecule has 0 amide bonds. The number of hydrogen-bond donors (Lipinski definition) is 2. The predicted molar refractivity (Wildman–Crippen MR) is 40.9 cm³/mol. The van der Waals surface area contributed by atoms with E-state index in [1.165, 1.54) is 0 Å². The molecule has 0 rings (SSSR count). The molecule has 0 unspecified atom stereocenters. The van der Waals surface area contributed by atoms with Crippen molar-refractivity contribution in [3.63, 3.8) is 0 Å². The smallest absolute Gasteiger partial charge is 0.324 e. The van der Waals surface area contributed by atoms with Crippen molar-refractivity contribution in [3.8, 4) is 0 Å². The van der Waals surface area contributed by atoms with Gasteiger partial charge in [0.25, 0.3) is 0 Å². The van der Waals surface area contributed by atoms with Crippen LogP contribution < -0.4 is 11.5 Å². The first-order valence-corrected chi connectivity index (χ1v) is 2.84. The van der Waals surface area contributed by atoms with Gasteiger partial charge in [0.1, 0.15) is 6.04 Å². The van der Waals surface area contributed by atoms with Crippen LogP contribution in [0.2, 0.25) is 0 Å². The summed E-state index contributed by atoms with van der Waals surface area (Å²) in [5.74, 6) is -0.431. The van der Waals surface area contributed by atoms with E-state index >= 15 is 0 Å². The van der Waals surface area contributed by atoms with Crippen LogP contribution in [-0.2, 0) is 9.53 Å². The summed E-state index contributed by atoms with van der Waals surface area (Å²) in [7, 11) is 0. The third kappa shape index (κ3) is 4.55. The van der Waals surface area contributed by atoms with Crippen LogP contribution in [0.3, 0.4) is 0 Å². The van der Waals surface area contributed by atoms with E-state index in [4.69, 9.17) is 11.5 Å². The lowest BCUT2D eigenvalue weighted by molar-refractivity contribution is -0.144. The molecule has 0 heterocycles. The molecule has 0 aliphatic heterocycles. The molecule has 5 heteroatoms. The van der Waals surface area contributed by atoms with Crippen LogP contribution >= 0.6 is 12.4 Å². The van der Waals surface area contributed by atoms with Gasteiger partial charge in [-0.25, -0.2) is 0 Å². The number of carbonyl (C=O) groups is 1. The summed E-state index contributed by atoms with van der Waals surface area (Å²) >= 11 is 0. The van der Waals surface area contributed by atoms with Gasteiger partial charge in [0.2, 0.25) is 0 Å². The number of rotatable bonds is 3. The third-order valence-corrected chi connectivity index (χ3v) is 0.843. The van der Waals surface area contributed by atoms with Crippen LogP contribution in [0.15, 0.2) is 0 Å². The maximum atomic E-state index is 10.5. The van der Waals surface area contributed by atoms with E-state index in [0.717, 1.165) is 0 Å². The largest absolute Gasteiger partial charge is 0.465 e. The van der Waals surface area contributed by atoms with Gasteiger partial charge in [-0.05, 0) is 6.92 Å². The monoisotopic (exact) mass is 168 g/mol. The van der Waals surface area contributed by atoms with Crippen LogP contribution in [0.1, 0.15) is 6.92 Å². The summed E-state index contributed by atoms with van der Waals surface area (Å²) in [5, 5.41) is 0. The summed E-state index contributed by atoms with van der Waals surface area (Å²) in [6.45, 7) is 2.21. The van der Waals surface area contributed by atoms with Gasteiger partial charge in [-0.2, -0.15) is 0 Å². The minimum atomic E-state index is -0.662. The van der Waals surface area contributed by atoms with Crippen LogP contribution in [0.5, 0.6) is 0 Å². The topological polar surface area (TPSA) is 78.3 Å². The first-order chi connectivity index (χ1) is 4.22. The van der Waals surface area contributed by atoms with E-state index in [-0.39, 0.29) is 19.0 Å². The first kappa shape index (κ1) is 12.4. The van der Waals surface area contributed by atoms with E-state index < -0.39 is 12.0 Å². The SMILES string of the molecule is CCOC(=O)[C@@H](N)CN.Cl. The van der Waals surface area contributed by atoms with Gasteiger partial charge in [-0.1, -0.05) is 0 Å². The Labute approximate surface area is 66.3 Å². The Kier molecular flexibility index (Phi) is 8.40. The Morgan fingerprint density at radius 2 is 2.20 bits per heavy atom. The highest BCUT2D eigenvalue weighted by molar-refractivity contribution is 5.85. The van der Waals surface area contributed by atoms with Crippen LogP contribution in [0, 0.1) is 0 Å². The number of hydrogen-bond acceptors (Lipinski definition) is 4. The highest BCUT2D eigenvalue weighted by atomic mass is 35.5. The molecular weight excluding hydrogens is 156 g/mol. The second-order valence-corrected chi connectivity index (χ2v) is 1.59. The zero-order valence-corrected chi connectivity index (χ0v) is 6.69. The summed E-state index contributed by atoms with van der Waals surface area (Å²) in [4.78, 5) is 10.5. The zero-order chi connectivity index (χ0) is 7.28. The van der Waals surface area contributed by atoms with Crippen molar-refractivity contribution in [2.24, 2.45) is 11.5 Å². The van der Waals surface area contributed by atoms with Crippen LogP contribution in [-0.4, -0.2) is 25.2 Å². The fourth-order valence-corrected chi connectivity index (χ4v) is 0.346. The van der Waals surface area contributed by atoms with Gasteiger partial charge in [-0.3, -0.25) is 4.79 Å². The Morgan fingerprint density at radius 1 is 1.70 bits per heavy atom. The van der Waals surface area contributed by atoms with E-state index in [0.29, 0.717) is 6.61 Å². The molecule has 0 radical (unpaired) electrons. The second kappa shape index (κ2) is 6.80. The molecule has 10 heavy (non-hydrogen) atoms. The maximum absolute atomic E-state index is 10.5. The van der Waals surface area contributed by atoms with Crippen molar-refractivity contribution >= 4 is 18.4 Å². The average molecular weight is 169 g/mol. The molecule has 0 aromatic heterocycles. The van der Waals surface area contributed by atoms with Gasteiger partial charge in [0.15, 0.2) is 0 Å². The molecule has 0 fully saturated rings. The van der Waals surface area contributed by atoms with Crippen molar-refractivity contribution in [3.05, 3.63) is 0 Å². The molecule has 0 bridgehead atoms. The Balaban J connectivity index is 0. The lowest BCUT2D eigenvalue weighted by atomic mass is 10.3. The van der Waals surface area contributed by atoms with Crippen molar-refractivity contribution in [1.82, 2.24) is 0 Å². The number of carbonyl (C=O) groups excluding carboxylic acids is 1. The van der Waals surface area contributed by atoms with Crippen molar-refractivity contribution in [2.45, 2.75) is 13.0 Å². The van der Waals surface area contributed by atoms with E-state index in [2.05, 4.69) is 4.74 Å². The third-order valence-electron chi connectivity index (χ3n) is 0.843. The molecule has 0 aliphatic carbocycles. The number of nitrogens with two attached hydrogens (primary N) is 2. The molecule has 4 nitrogen and oxygen atoms in total. The minimum absolute atomic E-state index is 0. The molecule has 0 saturated heterocycles. The molecule has 1 atom stereocenters. The van der Waals surface area contributed by atoms with E-state index in [9.17, 15) is 4.79 Å². The minimum Gasteiger partial charge on any atom is -0.465 e. The standard InChI is InChI=1S/C5H12N2O2.ClH/c1-2-9-5(8)4(7)3-6;/h4H,2-3,6-7H2,1H3;1H/t4-;/m0./s1. The molecule has 0 aromatic rings. The molecular formula is C5H13ClN2O2. The predicted octanol–water partition coefficient (Wildman–Crippen LogP) is -0.743. The molecule has 4 N–H and O–H groups in total. The summed E-state index contributed by atoms with van der Waals surface area (Å²) in [6, 6.07) is -0.662. The highest BCUT2D eigenvalue weighted by Crippen LogP contribution is 1.80. The zero-order valence-electron chi connectivity index (χ0n) is 5.87. The van der Waals surface area contributed by atoms with Crippen molar-refractivity contribution in [2.75, 3.05) is 13.2 Å². The van der Waals surface area contributed by atoms with Gasteiger partial charge >= 0.3 is 5.97 Å². The Hall–Kier alpha value is -0.320. The molecule has 0 aromatic carbocycles. The molecule has 0 spiro atoms. The molecule has 0 saturated carbocycles. The van der Waals surface area contributed by atoms with Gasteiger partial charge in [0, 0.05) is 6.54 Å². The van der Waals surface area contributed by atoms with Crippen molar-refractivity contribution < 1.29 is 9.53 Å². The fraction of sp³-hybridized carbons (Fsp3) is 0.800. The summed E-state index contributed by atoms with van der Waals surface area (Å²) in [6.07, 6.45) is 0. The second-order valence-electron chi connectivity index (χ2n) is 1.59. The van der Waals surface area contributed by atoms with Gasteiger partial charge < -0.3 is 16.2 Å². The van der Waals surface area contributed by atoms with E-state index in [1.807, 2.05) is 0 Å². The maximum Gasteiger partial charge on any atom is 0.324 e. The molecule has 62 valence electrons. The van der Waals surface area contributed by atoms with Crippen LogP contribution in [0.4, 0.5) is 0 Å². The summed E-state index contributed by atoms with van der Waals surface area (Å²) in [5.41, 5.74) is 10.3.